The molecule has 0 unspecified atom stereocenters. The van der Waals surface area contributed by atoms with E-state index >= 15 is 0 Å². The highest BCUT2D eigenvalue weighted by Crippen LogP contribution is 2.38. The monoisotopic (exact) mass is 582 g/mol. The number of carbonyl (C=O) groups is 1. The fourth-order valence-corrected chi connectivity index (χ4v) is 6.57. The van der Waals surface area contributed by atoms with Crippen molar-refractivity contribution in [3.05, 3.63) is 66.0 Å². The van der Waals surface area contributed by atoms with Crippen molar-refractivity contribution in [2.45, 2.75) is 50.6 Å². The highest BCUT2D eigenvalue weighted by atomic mass is 16.5. The van der Waals surface area contributed by atoms with Gasteiger partial charge in [0.05, 0.1) is 24.1 Å². The smallest absolute Gasteiger partial charge is 0.255 e. The molecule has 10 nitrogen and oxygen atoms in total. The number of hydrogen-bond donors (Lipinski definition) is 2. The predicted molar refractivity (Wildman–Crippen MR) is 169 cm³/mol. The Morgan fingerprint density at radius 2 is 1.74 bits per heavy atom. The van der Waals surface area contributed by atoms with Gasteiger partial charge in [0.2, 0.25) is 0 Å². The molecule has 1 aliphatic carbocycles. The third-order valence-electron chi connectivity index (χ3n) is 9.24. The van der Waals surface area contributed by atoms with Crippen LogP contribution in [0.15, 0.2) is 54.9 Å². The van der Waals surface area contributed by atoms with Gasteiger partial charge in [-0.1, -0.05) is 43.3 Å². The molecule has 4 aromatic rings. The summed E-state index contributed by atoms with van der Waals surface area (Å²) < 4.78 is 7.75. The number of rotatable bonds is 8. The second-order valence-electron chi connectivity index (χ2n) is 12.0. The normalized spacial score (nSPS) is 20.6. The van der Waals surface area contributed by atoms with Crippen LogP contribution in [0.2, 0.25) is 0 Å². The van der Waals surface area contributed by atoms with Crippen molar-refractivity contribution < 1.29 is 9.53 Å². The van der Waals surface area contributed by atoms with Crippen LogP contribution in [-0.4, -0.2) is 88.4 Å². The van der Waals surface area contributed by atoms with Crippen LogP contribution in [-0.2, 0) is 0 Å². The number of carbonyl (C=O) groups excluding carboxylic acids is 1. The predicted octanol–water partition coefficient (Wildman–Crippen LogP) is 4.35. The molecule has 0 spiro atoms. The standard InChI is InChI=1S/C33H42N8O2/c1-22(23-7-5-4-6-8-23)20-35-33(42)27-14-9-24(19-28(27)43-3)30-29-31(34)36-21-37-32(29)41(38-30)26-12-10-25(11-13-26)40-17-15-39(2)16-18-40/h4-9,14,19,21-22,25-26H,10-13,15-18,20H2,1-3H3,(H,35,42)(H2,34,36,37)/t22-,25?,26?/m0/s1. The number of likely N-dealkylation sites (N-methyl/N-ethyl adjacent to an activating group) is 1. The molecule has 226 valence electrons. The van der Waals surface area contributed by atoms with Crippen molar-refractivity contribution in [2.24, 2.45) is 0 Å². The van der Waals surface area contributed by atoms with Gasteiger partial charge in [0.25, 0.3) is 5.91 Å². The Bertz CT molecular complexity index is 1560. The topological polar surface area (TPSA) is 114 Å². The van der Waals surface area contributed by atoms with Gasteiger partial charge < -0.3 is 20.7 Å². The number of nitrogens with zero attached hydrogens (tertiary/aromatic N) is 6. The van der Waals surface area contributed by atoms with Gasteiger partial charge in [-0.05, 0) is 56.3 Å². The molecule has 2 aromatic carbocycles. The first-order valence-electron chi connectivity index (χ1n) is 15.4. The van der Waals surface area contributed by atoms with E-state index in [1.54, 1.807) is 13.2 Å². The zero-order valence-electron chi connectivity index (χ0n) is 25.4. The quantitative estimate of drug-likeness (QED) is 0.315. The van der Waals surface area contributed by atoms with E-state index in [-0.39, 0.29) is 17.9 Å². The van der Waals surface area contributed by atoms with Crippen LogP contribution in [0, 0.1) is 0 Å². The molecule has 3 heterocycles. The zero-order chi connectivity index (χ0) is 29.9. The van der Waals surface area contributed by atoms with E-state index in [2.05, 4.69) is 55.9 Å². The van der Waals surface area contributed by atoms with Gasteiger partial charge in [-0.3, -0.25) is 9.69 Å². The highest BCUT2D eigenvalue weighted by molar-refractivity contribution is 6.01. The molecule has 1 amide bonds. The Morgan fingerprint density at radius 1 is 1.02 bits per heavy atom. The minimum atomic E-state index is -0.179. The summed E-state index contributed by atoms with van der Waals surface area (Å²) in [5, 5.41) is 8.89. The van der Waals surface area contributed by atoms with Crippen LogP contribution in [0.1, 0.15) is 60.5 Å². The number of nitrogens with one attached hydrogen (secondary N) is 1. The number of piperazine rings is 1. The van der Waals surface area contributed by atoms with Crippen LogP contribution in [0.3, 0.4) is 0 Å². The van der Waals surface area contributed by atoms with Crippen molar-refractivity contribution >= 4 is 22.8 Å². The van der Waals surface area contributed by atoms with Crippen molar-refractivity contribution in [3.63, 3.8) is 0 Å². The fraction of sp³-hybridized carbons (Fsp3) is 0.455. The van der Waals surface area contributed by atoms with E-state index in [1.165, 1.54) is 11.9 Å². The zero-order valence-corrected chi connectivity index (χ0v) is 25.4. The molecular weight excluding hydrogens is 540 g/mol. The first kappa shape index (κ1) is 29.1. The lowest BCUT2D eigenvalue weighted by Crippen LogP contribution is -2.49. The number of aromatic nitrogens is 4. The summed E-state index contributed by atoms with van der Waals surface area (Å²) in [5.41, 5.74) is 10.3. The maximum absolute atomic E-state index is 13.2. The van der Waals surface area contributed by atoms with Gasteiger partial charge in [-0.25, -0.2) is 14.6 Å². The summed E-state index contributed by atoms with van der Waals surface area (Å²) in [4.78, 5) is 27.2. The fourth-order valence-electron chi connectivity index (χ4n) is 6.57. The molecule has 2 aromatic heterocycles. The van der Waals surface area contributed by atoms with Crippen molar-refractivity contribution in [2.75, 3.05) is 52.6 Å². The number of anilines is 1. The van der Waals surface area contributed by atoms with Gasteiger partial charge in [-0.15, -0.1) is 0 Å². The van der Waals surface area contributed by atoms with E-state index in [1.807, 2.05) is 30.3 Å². The molecule has 0 bridgehead atoms. The SMILES string of the molecule is COc1cc(-c2nn(C3CCC(N4CCN(C)CC4)CC3)c3ncnc(N)c23)ccc1C(=O)NC[C@H](C)c1ccccc1. The number of hydrogen-bond acceptors (Lipinski definition) is 8. The van der Waals surface area contributed by atoms with Gasteiger partial charge in [0.15, 0.2) is 5.65 Å². The lowest BCUT2D eigenvalue weighted by molar-refractivity contribution is 0.0815. The van der Waals surface area contributed by atoms with Gasteiger partial charge in [0.1, 0.15) is 23.6 Å². The Kier molecular flexibility index (Phi) is 8.58. The number of amides is 1. The third-order valence-corrected chi connectivity index (χ3v) is 9.24. The summed E-state index contributed by atoms with van der Waals surface area (Å²) in [5.74, 6) is 0.883. The van der Waals surface area contributed by atoms with E-state index in [0.29, 0.717) is 35.4 Å². The second-order valence-corrected chi connectivity index (χ2v) is 12.0. The van der Waals surface area contributed by atoms with Crippen LogP contribution >= 0.6 is 0 Å². The first-order chi connectivity index (χ1) is 20.9. The number of methoxy groups -OCH3 is 1. The Hall–Kier alpha value is -4.02. The van der Waals surface area contributed by atoms with Crippen LogP contribution < -0.4 is 15.8 Å². The van der Waals surface area contributed by atoms with E-state index < -0.39 is 0 Å². The second kappa shape index (κ2) is 12.7. The molecule has 2 fully saturated rings. The van der Waals surface area contributed by atoms with Gasteiger partial charge in [0, 0.05) is 44.3 Å². The number of benzene rings is 2. The molecular formula is C33H42N8O2. The minimum absolute atomic E-state index is 0.179. The van der Waals surface area contributed by atoms with Crippen LogP contribution in [0.5, 0.6) is 5.75 Å². The largest absolute Gasteiger partial charge is 0.496 e. The molecule has 6 rings (SSSR count). The van der Waals surface area contributed by atoms with Gasteiger partial charge >= 0.3 is 0 Å². The Morgan fingerprint density at radius 3 is 2.47 bits per heavy atom. The van der Waals surface area contributed by atoms with Crippen LogP contribution in [0.4, 0.5) is 5.82 Å². The molecule has 0 radical (unpaired) electrons. The highest BCUT2D eigenvalue weighted by Gasteiger charge is 2.31. The summed E-state index contributed by atoms with van der Waals surface area (Å²) >= 11 is 0. The average Bonchev–Trinajstić information content (AvgIpc) is 3.45. The maximum atomic E-state index is 13.2. The van der Waals surface area contributed by atoms with Crippen molar-refractivity contribution in [3.8, 4) is 17.0 Å². The molecule has 1 aliphatic heterocycles. The lowest BCUT2D eigenvalue weighted by atomic mass is 9.90. The molecule has 1 saturated heterocycles. The third kappa shape index (κ3) is 6.07. The number of ether oxygens (including phenoxy) is 1. The molecule has 10 heteroatoms. The summed E-state index contributed by atoms with van der Waals surface area (Å²) in [6.07, 6.45) is 5.89. The summed E-state index contributed by atoms with van der Waals surface area (Å²) in [6.45, 7) is 7.19. The molecule has 3 N–H and O–H groups in total. The average molecular weight is 583 g/mol. The van der Waals surface area contributed by atoms with E-state index in [9.17, 15) is 4.79 Å². The van der Waals surface area contributed by atoms with Crippen molar-refractivity contribution in [1.29, 1.82) is 0 Å². The molecule has 1 saturated carbocycles. The number of fused-ring (bicyclic) bond motifs is 1. The van der Waals surface area contributed by atoms with E-state index in [4.69, 9.17) is 15.6 Å². The van der Waals surface area contributed by atoms with Gasteiger partial charge in [-0.2, -0.15) is 5.10 Å². The Labute approximate surface area is 253 Å². The number of nitrogens with two attached hydrogens (primary N) is 1. The Balaban J connectivity index is 1.22. The summed E-state index contributed by atoms with van der Waals surface area (Å²) in [6, 6.07) is 16.6. The number of nitrogen functional groups attached to an aromatic ring is 1. The van der Waals surface area contributed by atoms with E-state index in [0.717, 1.165) is 68.5 Å². The lowest BCUT2D eigenvalue weighted by Gasteiger charge is -2.41. The van der Waals surface area contributed by atoms with Crippen LogP contribution in [0.25, 0.3) is 22.3 Å². The molecule has 2 aliphatic rings. The molecule has 43 heavy (non-hydrogen) atoms. The van der Waals surface area contributed by atoms with Crippen molar-refractivity contribution in [1.82, 2.24) is 34.9 Å². The maximum Gasteiger partial charge on any atom is 0.255 e. The minimum Gasteiger partial charge on any atom is -0.496 e. The first-order valence-corrected chi connectivity index (χ1v) is 15.4. The molecule has 1 atom stereocenters. The summed E-state index contributed by atoms with van der Waals surface area (Å²) in [7, 11) is 3.78.